The van der Waals surface area contributed by atoms with Gasteiger partial charge in [-0.05, 0) is 41.5 Å². The number of methoxy groups -OCH3 is 1. The molecule has 0 spiro atoms. The second-order valence-electron chi connectivity index (χ2n) is 8.53. The summed E-state index contributed by atoms with van der Waals surface area (Å²) in [5, 5.41) is 14.6. The summed E-state index contributed by atoms with van der Waals surface area (Å²) in [6.45, 7) is 0.120. The van der Waals surface area contributed by atoms with Crippen LogP contribution in [-0.2, 0) is 19.1 Å². The third kappa shape index (κ3) is 5.01. The first kappa shape index (κ1) is 22.8. The number of amides is 2. The van der Waals surface area contributed by atoms with E-state index in [0.717, 1.165) is 22.3 Å². The van der Waals surface area contributed by atoms with Gasteiger partial charge in [-0.25, -0.2) is 4.79 Å². The van der Waals surface area contributed by atoms with Gasteiger partial charge in [0.15, 0.2) is 0 Å². The topological polar surface area (TPSA) is 114 Å². The van der Waals surface area contributed by atoms with Gasteiger partial charge in [-0.1, -0.05) is 48.5 Å². The van der Waals surface area contributed by atoms with Gasteiger partial charge >= 0.3 is 12.1 Å². The van der Waals surface area contributed by atoms with E-state index in [4.69, 9.17) is 14.6 Å². The molecule has 0 aliphatic heterocycles. The number of carboxylic acids is 1. The molecule has 2 aliphatic carbocycles. The van der Waals surface area contributed by atoms with Crippen molar-refractivity contribution in [3.63, 3.8) is 0 Å². The quantitative estimate of drug-likeness (QED) is 0.568. The number of fused-ring (bicyclic) bond motifs is 3. The molecule has 3 atom stereocenters. The number of benzene rings is 2. The summed E-state index contributed by atoms with van der Waals surface area (Å²) in [6.07, 6.45) is 0.789. The molecule has 8 nitrogen and oxygen atoms in total. The number of aliphatic carboxylic acids is 1. The minimum absolute atomic E-state index is 0.0227. The van der Waals surface area contributed by atoms with E-state index < -0.39 is 29.9 Å². The van der Waals surface area contributed by atoms with Crippen molar-refractivity contribution in [3.8, 4) is 11.1 Å². The van der Waals surface area contributed by atoms with Crippen molar-refractivity contribution in [2.24, 2.45) is 5.92 Å². The lowest BCUT2D eigenvalue weighted by Gasteiger charge is -2.21. The number of carbonyl (C=O) groups excluding carboxylic acids is 2. The Hall–Kier alpha value is -3.39. The number of ether oxygens (including phenoxy) is 2. The van der Waals surface area contributed by atoms with Gasteiger partial charge in [0.05, 0.1) is 12.5 Å². The Kier molecular flexibility index (Phi) is 6.93. The molecular formula is C25H28N2O6. The summed E-state index contributed by atoms with van der Waals surface area (Å²) in [5.74, 6) is -1.80. The van der Waals surface area contributed by atoms with Crippen molar-refractivity contribution in [1.29, 1.82) is 0 Å². The number of nitrogens with one attached hydrogen (secondary N) is 2. The number of hydrogen-bond donors (Lipinski definition) is 3. The number of hydrogen-bond acceptors (Lipinski definition) is 5. The van der Waals surface area contributed by atoms with Crippen molar-refractivity contribution >= 4 is 18.0 Å². The first-order valence-electron chi connectivity index (χ1n) is 11.1. The van der Waals surface area contributed by atoms with Gasteiger partial charge in [-0.2, -0.15) is 0 Å². The third-order valence-electron chi connectivity index (χ3n) is 6.41. The van der Waals surface area contributed by atoms with Crippen LogP contribution < -0.4 is 10.6 Å². The molecule has 4 rings (SSSR count). The summed E-state index contributed by atoms with van der Waals surface area (Å²) in [6, 6.07) is 14.9. The molecule has 1 fully saturated rings. The molecule has 1 saturated carbocycles. The lowest BCUT2D eigenvalue weighted by molar-refractivity contribution is -0.141. The smallest absolute Gasteiger partial charge is 0.407 e. The van der Waals surface area contributed by atoms with Gasteiger partial charge in [0.2, 0.25) is 5.91 Å². The summed E-state index contributed by atoms with van der Waals surface area (Å²) >= 11 is 0. The van der Waals surface area contributed by atoms with E-state index in [9.17, 15) is 14.4 Å². The zero-order valence-electron chi connectivity index (χ0n) is 18.5. The SMILES string of the molecule is COC[C@H](NC(=O)OCC1c2ccccc2-c2ccccc21)C(=O)N[C@H]1CC[C@@H](C(=O)O)C1. The fraction of sp³-hybridized carbons (Fsp3) is 0.400. The predicted octanol–water partition coefficient (Wildman–Crippen LogP) is 2.91. The Bertz CT molecular complexity index is 994. The molecule has 33 heavy (non-hydrogen) atoms. The normalized spacial score (nSPS) is 19.9. The van der Waals surface area contributed by atoms with Crippen molar-refractivity contribution in [2.75, 3.05) is 20.3 Å². The summed E-state index contributed by atoms with van der Waals surface area (Å²) in [4.78, 5) is 36.4. The van der Waals surface area contributed by atoms with Crippen LogP contribution in [0.3, 0.4) is 0 Å². The average molecular weight is 453 g/mol. The van der Waals surface area contributed by atoms with Crippen LogP contribution in [0.2, 0.25) is 0 Å². The zero-order valence-corrected chi connectivity index (χ0v) is 18.5. The maximum Gasteiger partial charge on any atom is 0.407 e. The van der Waals surface area contributed by atoms with Crippen LogP contribution in [0, 0.1) is 5.92 Å². The molecule has 3 N–H and O–H groups in total. The van der Waals surface area contributed by atoms with Gasteiger partial charge in [-0.15, -0.1) is 0 Å². The second-order valence-corrected chi connectivity index (χ2v) is 8.53. The molecule has 2 amide bonds. The van der Waals surface area contributed by atoms with Gasteiger partial charge in [0.1, 0.15) is 12.6 Å². The van der Waals surface area contributed by atoms with Gasteiger partial charge in [-0.3, -0.25) is 9.59 Å². The molecule has 0 bridgehead atoms. The Morgan fingerprint density at radius 2 is 1.67 bits per heavy atom. The van der Waals surface area contributed by atoms with Crippen LogP contribution in [0.25, 0.3) is 11.1 Å². The third-order valence-corrected chi connectivity index (χ3v) is 6.41. The molecule has 0 aromatic heterocycles. The Morgan fingerprint density at radius 3 is 2.24 bits per heavy atom. The van der Waals surface area contributed by atoms with Crippen LogP contribution in [0.4, 0.5) is 4.79 Å². The van der Waals surface area contributed by atoms with E-state index in [0.29, 0.717) is 19.3 Å². The molecule has 2 aromatic carbocycles. The van der Waals surface area contributed by atoms with E-state index in [1.807, 2.05) is 36.4 Å². The first-order chi connectivity index (χ1) is 16.0. The average Bonchev–Trinajstić information content (AvgIpc) is 3.40. The van der Waals surface area contributed by atoms with E-state index in [-0.39, 0.29) is 25.2 Å². The standard InChI is InChI=1S/C25H28N2O6/c1-32-14-22(23(28)26-16-11-10-15(12-16)24(29)30)27-25(31)33-13-21-19-8-4-2-6-17(19)18-7-3-5-9-20(18)21/h2-9,15-16,21-22H,10-14H2,1H3,(H,26,28)(H,27,31)(H,29,30)/t15-,16+,22+/m1/s1. The predicted molar refractivity (Wildman–Crippen MR) is 121 cm³/mol. The number of rotatable bonds is 8. The highest BCUT2D eigenvalue weighted by Crippen LogP contribution is 2.44. The fourth-order valence-corrected chi connectivity index (χ4v) is 4.77. The molecule has 0 saturated heterocycles. The Morgan fingerprint density at radius 1 is 1.03 bits per heavy atom. The van der Waals surface area contributed by atoms with Crippen molar-refractivity contribution in [2.45, 2.75) is 37.3 Å². The molecule has 8 heteroatoms. The lowest BCUT2D eigenvalue weighted by Crippen LogP contribution is -2.51. The van der Waals surface area contributed by atoms with E-state index in [2.05, 4.69) is 22.8 Å². The first-order valence-corrected chi connectivity index (χ1v) is 11.1. The lowest BCUT2D eigenvalue weighted by atomic mass is 9.98. The summed E-state index contributed by atoms with van der Waals surface area (Å²) in [7, 11) is 1.44. The minimum Gasteiger partial charge on any atom is -0.481 e. The van der Waals surface area contributed by atoms with Crippen molar-refractivity contribution in [1.82, 2.24) is 10.6 Å². The van der Waals surface area contributed by atoms with Crippen molar-refractivity contribution in [3.05, 3.63) is 59.7 Å². The molecule has 2 aliphatic rings. The molecule has 0 heterocycles. The maximum absolute atomic E-state index is 12.7. The van der Waals surface area contributed by atoms with Crippen LogP contribution >= 0.6 is 0 Å². The van der Waals surface area contributed by atoms with Crippen LogP contribution in [0.5, 0.6) is 0 Å². The largest absolute Gasteiger partial charge is 0.481 e. The van der Waals surface area contributed by atoms with Crippen LogP contribution in [0.1, 0.15) is 36.3 Å². The Labute approximate surface area is 192 Å². The molecule has 0 radical (unpaired) electrons. The number of carbonyl (C=O) groups is 3. The summed E-state index contributed by atoms with van der Waals surface area (Å²) in [5.41, 5.74) is 4.48. The molecular weight excluding hydrogens is 424 g/mol. The van der Waals surface area contributed by atoms with Gasteiger partial charge in [0.25, 0.3) is 0 Å². The molecule has 174 valence electrons. The fourth-order valence-electron chi connectivity index (χ4n) is 4.77. The van der Waals surface area contributed by atoms with Gasteiger partial charge in [0, 0.05) is 19.1 Å². The molecule has 0 unspecified atom stereocenters. The maximum atomic E-state index is 12.7. The highest BCUT2D eigenvalue weighted by molar-refractivity contribution is 5.86. The highest BCUT2D eigenvalue weighted by Gasteiger charge is 2.33. The molecule has 2 aromatic rings. The summed E-state index contributed by atoms with van der Waals surface area (Å²) < 4.78 is 10.6. The van der Waals surface area contributed by atoms with E-state index in [1.165, 1.54) is 7.11 Å². The van der Waals surface area contributed by atoms with E-state index in [1.54, 1.807) is 0 Å². The minimum atomic E-state index is -0.936. The zero-order chi connectivity index (χ0) is 23.4. The van der Waals surface area contributed by atoms with Crippen LogP contribution in [-0.4, -0.2) is 55.5 Å². The van der Waals surface area contributed by atoms with Crippen LogP contribution in [0.15, 0.2) is 48.5 Å². The Balaban J connectivity index is 1.35. The van der Waals surface area contributed by atoms with Gasteiger partial charge < -0.3 is 25.2 Å². The second kappa shape index (κ2) is 10.0. The number of alkyl carbamates (subject to hydrolysis) is 1. The highest BCUT2D eigenvalue weighted by atomic mass is 16.5. The van der Waals surface area contributed by atoms with Crippen molar-refractivity contribution < 1.29 is 29.0 Å². The monoisotopic (exact) mass is 452 g/mol. The number of carboxylic acid groups (broad SMARTS) is 1. The van der Waals surface area contributed by atoms with E-state index >= 15 is 0 Å².